The number of rotatable bonds is 2. The Balaban J connectivity index is 0.00000120. The summed E-state index contributed by atoms with van der Waals surface area (Å²) in [5.41, 5.74) is 3.75. The summed E-state index contributed by atoms with van der Waals surface area (Å²) in [5.74, 6) is 0.577. The fraction of sp³-hybridized carbons (Fsp3) is 0.188. The van der Waals surface area contributed by atoms with Gasteiger partial charge in [0.05, 0.1) is 0 Å². The van der Waals surface area contributed by atoms with Crippen LogP contribution < -0.4 is 0 Å². The van der Waals surface area contributed by atoms with Crippen LogP contribution in [0.1, 0.15) is 30.0 Å². The van der Waals surface area contributed by atoms with E-state index in [9.17, 15) is 0 Å². The summed E-state index contributed by atoms with van der Waals surface area (Å²) < 4.78 is 0. The minimum atomic E-state index is 0. The molecule has 1 radical (unpaired) electrons. The first-order valence-corrected chi connectivity index (χ1v) is 5.99. The van der Waals surface area contributed by atoms with E-state index in [2.05, 4.69) is 47.5 Å². The van der Waals surface area contributed by atoms with Crippen LogP contribution in [0.4, 0.5) is 0 Å². The fourth-order valence-corrected chi connectivity index (χ4v) is 2.33. The molecule has 0 amide bonds. The second kappa shape index (κ2) is 6.40. The Labute approximate surface area is 133 Å². The van der Waals surface area contributed by atoms with Crippen LogP contribution in [0.2, 0.25) is 0 Å². The van der Waals surface area contributed by atoms with Gasteiger partial charge in [-0.3, -0.25) is 6.08 Å². The first kappa shape index (κ1) is 13.6. The maximum absolute atomic E-state index is 4.39. The van der Waals surface area contributed by atoms with Gasteiger partial charge >= 0.3 is 0 Å². The summed E-state index contributed by atoms with van der Waals surface area (Å²) >= 11 is 0. The van der Waals surface area contributed by atoms with E-state index >= 15 is 0 Å². The van der Waals surface area contributed by atoms with Gasteiger partial charge in [-0.2, -0.15) is 5.57 Å². The van der Waals surface area contributed by atoms with E-state index in [0.717, 1.165) is 18.5 Å². The average Bonchev–Trinajstić information content (AvgIpc) is 2.90. The van der Waals surface area contributed by atoms with Gasteiger partial charge in [0.25, 0.3) is 0 Å². The molecule has 1 aromatic carbocycles. The zero-order valence-corrected chi connectivity index (χ0v) is 13.1. The van der Waals surface area contributed by atoms with Crippen LogP contribution in [-0.4, -0.2) is 4.98 Å². The van der Waals surface area contributed by atoms with Gasteiger partial charge in [-0.15, -0.1) is 12.5 Å². The van der Waals surface area contributed by atoms with Gasteiger partial charge in [0, 0.05) is 38.9 Å². The van der Waals surface area contributed by atoms with Crippen LogP contribution in [0, 0.1) is 6.08 Å². The molecule has 0 saturated carbocycles. The summed E-state index contributed by atoms with van der Waals surface area (Å²) in [4.78, 5) is 4.39. The van der Waals surface area contributed by atoms with Gasteiger partial charge in [0.1, 0.15) is 0 Å². The second-order valence-electron chi connectivity index (χ2n) is 4.39. The minimum absolute atomic E-state index is 0. The van der Waals surface area contributed by atoms with Gasteiger partial charge in [0.2, 0.25) is 0 Å². The van der Waals surface area contributed by atoms with Crippen LogP contribution in [-0.2, 0) is 32.7 Å². The fourth-order valence-electron chi connectivity index (χ4n) is 2.33. The molecule has 0 spiro atoms. The van der Waals surface area contributed by atoms with Crippen molar-refractivity contribution < 1.29 is 32.7 Å². The topological polar surface area (TPSA) is 12.9 Å². The van der Waals surface area contributed by atoms with Gasteiger partial charge in [0.15, 0.2) is 0 Å². The van der Waals surface area contributed by atoms with E-state index in [1.54, 1.807) is 0 Å². The Kier molecular flexibility index (Phi) is 4.85. The van der Waals surface area contributed by atoms with E-state index in [1.165, 1.54) is 11.1 Å². The van der Waals surface area contributed by atoms with Crippen molar-refractivity contribution in [3.8, 4) is 0 Å². The molecule has 0 N–H and O–H groups in total. The summed E-state index contributed by atoms with van der Waals surface area (Å²) in [7, 11) is 0. The van der Waals surface area contributed by atoms with Crippen LogP contribution >= 0.6 is 0 Å². The van der Waals surface area contributed by atoms with Crippen molar-refractivity contribution in [2.75, 3.05) is 0 Å². The number of hydrogen-bond acceptors (Lipinski definition) is 1. The molecule has 1 nitrogen and oxygen atoms in total. The summed E-state index contributed by atoms with van der Waals surface area (Å²) in [6.45, 7) is 0. The van der Waals surface area contributed by atoms with Crippen molar-refractivity contribution in [2.45, 2.75) is 18.8 Å². The first-order valence-electron chi connectivity index (χ1n) is 5.99. The maximum atomic E-state index is 4.39. The van der Waals surface area contributed by atoms with Gasteiger partial charge in [-0.1, -0.05) is 48.5 Å². The number of nitrogens with zero attached hydrogens (tertiary/aromatic N) is 1. The molecule has 2 aromatic rings. The average molecular weight is 309 g/mol. The number of benzene rings is 1. The summed E-state index contributed by atoms with van der Waals surface area (Å²) in [6, 6.07) is 16.7. The molecule has 0 saturated heterocycles. The quantitative estimate of drug-likeness (QED) is 0.768. The number of pyridine rings is 1. The molecule has 1 unspecified atom stereocenters. The molecule has 0 bridgehead atoms. The number of hydrogen-bond donors (Lipinski definition) is 0. The van der Waals surface area contributed by atoms with Crippen LogP contribution in [0.25, 0.3) is 5.57 Å². The van der Waals surface area contributed by atoms with Gasteiger partial charge in [-0.25, -0.2) is 0 Å². The van der Waals surface area contributed by atoms with E-state index in [4.69, 9.17) is 0 Å². The molecule has 87 valence electrons. The monoisotopic (exact) mass is 309 g/mol. The third kappa shape index (κ3) is 2.96. The standard InChI is InChI=1S/C16H14N.Y/c1-2-6-13(7-3-1)14-9-10-15(12-14)16-8-4-5-11-17-16;/h1-8,11,14H,9,12H2;/q-1;. The molecule has 1 aromatic heterocycles. The number of aromatic nitrogens is 1. The van der Waals surface area contributed by atoms with Crippen LogP contribution in [0.3, 0.4) is 0 Å². The molecular formula is C16H14NY-. The molecule has 3 rings (SSSR count). The molecule has 1 atom stereocenters. The molecular weight excluding hydrogens is 295 g/mol. The predicted molar refractivity (Wildman–Crippen MR) is 69.3 cm³/mol. The van der Waals surface area contributed by atoms with Crippen molar-refractivity contribution in [3.05, 3.63) is 72.1 Å². The molecule has 18 heavy (non-hydrogen) atoms. The molecule has 1 aliphatic carbocycles. The largest absolute Gasteiger partial charge is 0.351 e. The zero-order chi connectivity index (χ0) is 11.5. The Morgan fingerprint density at radius 3 is 2.50 bits per heavy atom. The molecule has 1 heterocycles. The summed E-state index contributed by atoms with van der Waals surface area (Å²) in [6.07, 6.45) is 7.39. The first-order chi connectivity index (χ1) is 8.43. The second-order valence-corrected chi connectivity index (χ2v) is 4.39. The van der Waals surface area contributed by atoms with Gasteiger partial charge < -0.3 is 4.98 Å². The van der Waals surface area contributed by atoms with E-state index < -0.39 is 0 Å². The molecule has 0 aliphatic heterocycles. The van der Waals surface area contributed by atoms with E-state index in [-0.39, 0.29) is 32.7 Å². The smallest absolute Gasteiger partial charge is 0.00535 e. The Bertz CT molecular complexity index is 519. The van der Waals surface area contributed by atoms with Crippen molar-refractivity contribution in [1.29, 1.82) is 0 Å². The van der Waals surface area contributed by atoms with Crippen molar-refractivity contribution in [2.24, 2.45) is 0 Å². The van der Waals surface area contributed by atoms with E-state index in [1.807, 2.05) is 18.3 Å². The SMILES string of the molecule is [C-]1=C(c2ccccn2)CC(c2ccccc2)C1.[Y]. The van der Waals surface area contributed by atoms with Crippen molar-refractivity contribution in [1.82, 2.24) is 4.98 Å². The van der Waals surface area contributed by atoms with Crippen molar-refractivity contribution in [3.63, 3.8) is 0 Å². The minimum Gasteiger partial charge on any atom is -0.351 e. The Morgan fingerprint density at radius 1 is 1.00 bits per heavy atom. The predicted octanol–water partition coefficient (Wildman–Crippen LogP) is 3.84. The third-order valence-corrected chi connectivity index (χ3v) is 3.26. The number of allylic oxidation sites excluding steroid dienone is 2. The maximum Gasteiger partial charge on any atom is 0.00535 e. The zero-order valence-electron chi connectivity index (χ0n) is 10.2. The molecule has 0 fully saturated rings. The molecule has 2 heteroatoms. The van der Waals surface area contributed by atoms with Gasteiger partial charge in [-0.05, 0) is 17.5 Å². The Hall–Kier alpha value is -0.786. The Morgan fingerprint density at radius 2 is 1.78 bits per heavy atom. The van der Waals surface area contributed by atoms with Crippen LogP contribution in [0.5, 0.6) is 0 Å². The normalized spacial score (nSPS) is 18.0. The van der Waals surface area contributed by atoms with Crippen LogP contribution in [0.15, 0.2) is 54.7 Å². The third-order valence-electron chi connectivity index (χ3n) is 3.26. The van der Waals surface area contributed by atoms with Crippen molar-refractivity contribution >= 4 is 5.57 Å². The summed E-state index contributed by atoms with van der Waals surface area (Å²) in [5, 5.41) is 0. The van der Waals surface area contributed by atoms with E-state index in [0.29, 0.717) is 5.92 Å². The molecule has 1 aliphatic rings.